The maximum absolute atomic E-state index is 12.0. The van der Waals surface area contributed by atoms with Crippen molar-refractivity contribution in [1.82, 2.24) is 10.6 Å². The van der Waals surface area contributed by atoms with Gasteiger partial charge in [-0.15, -0.1) is 0 Å². The van der Waals surface area contributed by atoms with Crippen molar-refractivity contribution in [2.75, 3.05) is 25.0 Å². The molecule has 0 saturated carbocycles. The van der Waals surface area contributed by atoms with Crippen LogP contribution in [0.25, 0.3) is 11.1 Å². The second-order valence-electron chi connectivity index (χ2n) is 6.97. The Morgan fingerprint density at radius 3 is 2.54 bits per heavy atom. The first-order chi connectivity index (χ1) is 12.6. The van der Waals surface area contributed by atoms with Crippen molar-refractivity contribution in [3.05, 3.63) is 53.6 Å². The number of carbonyl (C=O) groups is 1. The van der Waals surface area contributed by atoms with Crippen LogP contribution in [-0.2, 0) is 11.3 Å². The van der Waals surface area contributed by atoms with Crippen molar-refractivity contribution < 1.29 is 4.79 Å². The van der Waals surface area contributed by atoms with Gasteiger partial charge in [0.05, 0.1) is 0 Å². The van der Waals surface area contributed by atoms with Gasteiger partial charge in [-0.1, -0.05) is 37.3 Å². The molecule has 1 aliphatic rings. The van der Waals surface area contributed by atoms with Crippen LogP contribution in [-0.4, -0.2) is 26.0 Å². The minimum atomic E-state index is 0.115. The van der Waals surface area contributed by atoms with E-state index in [1.54, 1.807) is 6.92 Å². The summed E-state index contributed by atoms with van der Waals surface area (Å²) in [6, 6.07) is 15.5. The lowest BCUT2D eigenvalue weighted by atomic mass is 9.92. The molecule has 1 aliphatic heterocycles. The van der Waals surface area contributed by atoms with E-state index in [0.29, 0.717) is 6.04 Å². The summed E-state index contributed by atoms with van der Waals surface area (Å²) in [5.74, 6) is 0.115. The zero-order valence-corrected chi connectivity index (χ0v) is 16.0. The number of hydrogen-bond acceptors (Lipinski definition) is 3. The van der Waals surface area contributed by atoms with Crippen LogP contribution in [0, 0.1) is 0 Å². The molecule has 0 bridgehead atoms. The average Bonchev–Trinajstić information content (AvgIpc) is 2.66. The number of nitrogens with zero attached hydrogens (tertiary/aromatic N) is 1. The van der Waals surface area contributed by atoms with Gasteiger partial charge in [0.2, 0.25) is 5.91 Å². The van der Waals surface area contributed by atoms with Crippen LogP contribution >= 0.6 is 0 Å². The predicted octanol–water partition coefficient (Wildman–Crippen LogP) is 3.87. The average molecular weight is 351 g/mol. The van der Waals surface area contributed by atoms with Crippen LogP contribution in [0.4, 0.5) is 5.69 Å². The van der Waals surface area contributed by atoms with Crippen molar-refractivity contribution in [2.24, 2.45) is 0 Å². The fraction of sp³-hybridized carbons (Fsp3) is 0.409. The molecule has 1 atom stereocenters. The molecule has 3 rings (SSSR count). The molecule has 0 aromatic heterocycles. The highest BCUT2D eigenvalue weighted by atomic mass is 16.2. The summed E-state index contributed by atoms with van der Waals surface area (Å²) in [6.45, 7) is 6.48. The second kappa shape index (κ2) is 8.47. The molecule has 1 heterocycles. The molecule has 2 aromatic carbocycles. The summed E-state index contributed by atoms with van der Waals surface area (Å²) in [5, 5.41) is 6.82. The highest BCUT2D eigenvalue weighted by Crippen LogP contribution is 2.37. The molecule has 1 unspecified atom stereocenters. The van der Waals surface area contributed by atoms with Crippen molar-refractivity contribution in [1.29, 1.82) is 0 Å². The lowest BCUT2D eigenvalue weighted by Crippen LogP contribution is -2.38. The summed E-state index contributed by atoms with van der Waals surface area (Å²) in [6.07, 6.45) is 2.06. The summed E-state index contributed by atoms with van der Waals surface area (Å²) in [5.41, 5.74) is 5.97. The highest BCUT2D eigenvalue weighted by molar-refractivity contribution is 5.93. The van der Waals surface area contributed by atoms with Crippen LogP contribution in [0.2, 0.25) is 0 Å². The number of anilines is 1. The van der Waals surface area contributed by atoms with E-state index in [9.17, 15) is 4.79 Å². The fourth-order valence-electron chi connectivity index (χ4n) is 3.67. The Morgan fingerprint density at radius 2 is 1.88 bits per heavy atom. The molecule has 0 fully saturated rings. The van der Waals surface area contributed by atoms with Gasteiger partial charge in [-0.2, -0.15) is 0 Å². The van der Waals surface area contributed by atoms with E-state index in [0.717, 1.165) is 38.2 Å². The van der Waals surface area contributed by atoms with Crippen LogP contribution in [0.15, 0.2) is 42.5 Å². The van der Waals surface area contributed by atoms with E-state index in [4.69, 9.17) is 0 Å². The molecule has 0 aliphatic carbocycles. The molecule has 2 N–H and O–H groups in total. The number of benzene rings is 2. The van der Waals surface area contributed by atoms with Crippen molar-refractivity contribution in [3.63, 3.8) is 0 Å². The molecule has 4 heteroatoms. The molecule has 138 valence electrons. The van der Waals surface area contributed by atoms with Gasteiger partial charge in [0.25, 0.3) is 0 Å². The third kappa shape index (κ3) is 3.97. The third-order valence-electron chi connectivity index (χ3n) is 5.02. The van der Waals surface area contributed by atoms with Gasteiger partial charge in [0, 0.05) is 31.7 Å². The Balaban J connectivity index is 1.95. The topological polar surface area (TPSA) is 44.4 Å². The van der Waals surface area contributed by atoms with Gasteiger partial charge in [0.15, 0.2) is 0 Å². The van der Waals surface area contributed by atoms with Crippen LogP contribution in [0.1, 0.15) is 43.9 Å². The monoisotopic (exact) mass is 351 g/mol. The Labute approximate surface area is 156 Å². The number of carbonyl (C=O) groups excluding carboxylic acids is 1. The molecular formula is C22H29N3O. The lowest BCUT2D eigenvalue weighted by molar-refractivity contribution is -0.116. The molecule has 4 nitrogen and oxygen atoms in total. The molecule has 2 aromatic rings. The first kappa shape index (κ1) is 18.6. The molecule has 1 amide bonds. The Kier molecular flexibility index (Phi) is 6.07. The second-order valence-corrected chi connectivity index (χ2v) is 6.97. The van der Waals surface area contributed by atoms with Gasteiger partial charge in [-0.25, -0.2) is 0 Å². The number of hydrogen-bond donors (Lipinski definition) is 2. The van der Waals surface area contributed by atoms with Crippen molar-refractivity contribution in [3.8, 4) is 11.1 Å². The highest BCUT2D eigenvalue weighted by Gasteiger charge is 2.27. The Hall–Kier alpha value is -2.17. The van der Waals surface area contributed by atoms with Gasteiger partial charge < -0.3 is 15.5 Å². The SMILES string of the molecule is CCCNC1CCN(C(C)=O)c2ccc(-c3ccc(CNC)cc3)cc21. The van der Waals surface area contributed by atoms with E-state index in [1.807, 2.05) is 11.9 Å². The van der Waals surface area contributed by atoms with Gasteiger partial charge in [-0.3, -0.25) is 4.79 Å². The number of amides is 1. The number of nitrogens with one attached hydrogen (secondary N) is 2. The molecular weight excluding hydrogens is 322 g/mol. The Morgan fingerprint density at radius 1 is 1.15 bits per heavy atom. The maximum Gasteiger partial charge on any atom is 0.223 e. The summed E-state index contributed by atoms with van der Waals surface area (Å²) in [7, 11) is 1.96. The summed E-state index contributed by atoms with van der Waals surface area (Å²) >= 11 is 0. The fourth-order valence-corrected chi connectivity index (χ4v) is 3.67. The van der Waals surface area contributed by atoms with Gasteiger partial charge in [-0.05, 0) is 60.8 Å². The van der Waals surface area contributed by atoms with E-state index in [1.165, 1.54) is 22.3 Å². The standard InChI is InChI=1S/C22H29N3O/c1-4-12-24-21-11-13-25(16(2)26)22-10-9-19(14-20(21)22)18-7-5-17(6-8-18)15-23-3/h5-10,14,21,23-24H,4,11-13,15H2,1-3H3. The molecule has 26 heavy (non-hydrogen) atoms. The number of fused-ring (bicyclic) bond motifs is 1. The van der Waals surface area contributed by atoms with Crippen molar-refractivity contribution >= 4 is 11.6 Å². The minimum Gasteiger partial charge on any atom is -0.316 e. The zero-order valence-electron chi connectivity index (χ0n) is 16.0. The normalized spacial score (nSPS) is 16.4. The van der Waals surface area contributed by atoms with Gasteiger partial charge in [0.1, 0.15) is 0 Å². The molecule has 0 radical (unpaired) electrons. The first-order valence-electron chi connectivity index (χ1n) is 9.53. The van der Waals surface area contributed by atoms with Gasteiger partial charge >= 0.3 is 0 Å². The molecule has 0 saturated heterocycles. The lowest BCUT2D eigenvalue weighted by Gasteiger charge is -2.34. The van der Waals surface area contributed by atoms with E-state index in [2.05, 4.69) is 60.0 Å². The first-order valence-corrected chi connectivity index (χ1v) is 9.53. The quantitative estimate of drug-likeness (QED) is 0.830. The maximum atomic E-state index is 12.0. The van der Waals surface area contributed by atoms with Crippen molar-refractivity contribution in [2.45, 2.75) is 39.3 Å². The Bertz CT molecular complexity index is 754. The number of rotatable bonds is 6. The minimum absolute atomic E-state index is 0.115. The van der Waals surface area contributed by atoms with Crippen LogP contribution in [0.5, 0.6) is 0 Å². The summed E-state index contributed by atoms with van der Waals surface area (Å²) < 4.78 is 0. The summed E-state index contributed by atoms with van der Waals surface area (Å²) in [4.78, 5) is 13.9. The molecule has 0 spiro atoms. The van der Waals surface area contributed by atoms with E-state index < -0.39 is 0 Å². The predicted molar refractivity (Wildman–Crippen MR) is 108 cm³/mol. The largest absolute Gasteiger partial charge is 0.316 e. The van der Waals surface area contributed by atoms with E-state index in [-0.39, 0.29) is 5.91 Å². The smallest absolute Gasteiger partial charge is 0.223 e. The third-order valence-corrected chi connectivity index (χ3v) is 5.02. The van der Waals surface area contributed by atoms with Crippen LogP contribution in [0.3, 0.4) is 0 Å². The zero-order chi connectivity index (χ0) is 18.5. The van der Waals surface area contributed by atoms with Crippen LogP contribution < -0.4 is 15.5 Å². The van der Waals surface area contributed by atoms with E-state index >= 15 is 0 Å².